The zero-order valence-corrected chi connectivity index (χ0v) is 13.3. The highest BCUT2D eigenvalue weighted by Gasteiger charge is 2.33. The van der Waals surface area contributed by atoms with Gasteiger partial charge in [-0.2, -0.15) is 11.8 Å². The second kappa shape index (κ2) is 5.87. The molecular weight excluding hydrogens is 319 g/mol. The second-order valence-electron chi connectivity index (χ2n) is 4.55. The number of thioether (sulfide) groups is 1. The average molecular weight is 334 g/mol. The molecule has 2 rings (SSSR count). The van der Waals surface area contributed by atoms with E-state index in [1.807, 2.05) is 0 Å². The highest BCUT2D eigenvalue weighted by Crippen LogP contribution is 2.30. The second-order valence-corrected chi connectivity index (χ2v) is 8.34. The quantitative estimate of drug-likeness (QED) is 0.843. The van der Waals surface area contributed by atoms with Crippen molar-refractivity contribution in [1.82, 2.24) is 0 Å². The summed E-state index contributed by atoms with van der Waals surface area (Å²) in [6.07, 6.45) is 1.19. The Morgan fingerprint density at radius 1 is 1.55 bits per heavy atom. The van der Waals surface area contributed by atoms with E-state index in [-0.39, 0.29) is 10.6 Å². The summed E-state index contributed by atoms with van der Waals surface area (Å²) in [4.78, 5) is 1.62. The van der Waals surface area contributed by atoms with Crippen LogP contribution in [0.4, 0.5) is 10.1 Å². The molecule has 1 fully saturated rings. The number of nitrogens with zero attached hydrogens (tertiary/aromatic N) is 1. The van der Waals surface area contributed by atoms with E-state index in [0.29, 0.717) is 18.0 Å². The van der Waals surface area contributed by atoms with Gasteiger partial charge in [0.2, 0.25) is 0 Å². The first-order valence-electron chi connectivity index (χ1n) is 5.94. The van der Waals surface area contributed by atoms with Crippen molar-refractivity contribution in [1.29, 1.82) is 0 Å². The van der Waals surface area contributed by atoms with Crippen LogP contribution in [0.25, 0.3) is 0 Å². The maximum Gasteiger partial charge on any atom is 0.169 e. The van der Waals surface area contributed by atoms with Crippen molar-refractivity contribution in [2.75, 3.05) is 29.2 Å². The summed E-state index contributed by atoms with van der Waals surface area (Å²) in [6, 6.07) is 4.46. The molecule has 0 bridgehead atoms. The van der Waals surface area contributed by atoms with E-state index in [4.69, 9.17) is 18.0 Å². The molecule has 20 heavy (non-hydrogen) atoms. The van der Waals surface area contributed by atoms with E-state index in [1.54, 1.807) is 22.7 Å². The molecule has 1 aromatic rings. The zero-order valence-electron chi connectivity index (χ0n) is 10.9. The molecule has 0 radical (unpaired) electrons. The standard InChI is InChI=1S/C12H15FN2O2S3/c1-20(16,17)10-7-19-6-5-15(10)9-4-2-3-8(13)11(9)12(14)18/h2-4,10H,5-7H2,1H3,(H2,14,18). The molecule has 1 saturated heterocycles. The van der Waals surface area contributed by atoms with Crippen LogP contribution in [-0.2, 0) is 9.84 Å². The lowest BCUT2D eigenvalue weighted by Gasteiger charge is -2.37. The maximum absolute atomic E-state index is 13.9. The summed E-state index contributed by atoms with van der Waals surface area (Å²) >= 11 is 6.46. The van der Waals surface area contributed by atoms with Crippen molar-refractivity contribution >= 4 is 44.5 Å². The number of nitrogens with two attached hydrogens (primary N) is 1. The van der Waals surface area contributed by atoms with Crippen LogP contribution in [0.3, 0.4) is 0 Å². The number of sulfone groups is 1. The Bertz CT molecular complexity index is 634. The van der Waals surface area contributed by atoms with Gasteiger partial charge < -0.3 is 10.6 Å². The fourth-order valence-electron chi connectivity index (χ4n) is 2.21. The molecule has 1 unspecified atom stereocenters. The summed E-state index contributed by atoms with van der Waals surface area (Å²) in [7, 11) is -3.28. The molecule has 1 heterocycles. The first-order valence-corrected chi connectivity index (χ1v) is 9.45. The van der Waals surface area contributed by atoms with Crippen LogP contribution < -0.4 is 10.6 Å². The SMILES string of the molecule is CS(=O)(=O)C1CSCCN1c1cccc(F)c1C(N)=S. The lowest BCUT2D eigenvalue weighted by molar-refractivity contribution is 0.583. The molecule has 1 atom stereocenters. The molecule has 8 heteroatoms. The van der Waals surface area contributed by atoms with Gasteiger partial charge >= 0.3 is 0 Å². The van der Waals surface area contributed by atoms with E-state index >= 15 is 0 Å². The normalized spacial score (nSPS) is 19.9. The van der Waals surface area contributed by atoms with Crippen LogP contribution in [0, 0.1) is 5.82 Å². The predicted octanol–water partition coefficient (Wildman–Crippen LogP) is 1.38. The maximum atomic E-state index is 13.9. The monoisotopic (exact) mass is 334 g/mol. The Kier molecular flexibility index (Phi) is 4.55. The van der Waals surface area contributed by atoms with E-state index in [2.05, 4.69) is 0 Å². The van der Waals surface area contributed by atoms with E-state index < -0.39 is 21.0 Å². The Morgan fingerprint density at radius 2 is 2.25 bits per heavy atom. The van der Waals surface area contributed by atoms with Crippen LogP contribution in [0.5, 0.6) is 0 Å². The van der Waals surface area contributed by atoms with Crippen LogP contribution in [0.15, 0.2) is 18.2 Å². The zero-order chi connectivity index (χ0) is 14.9. The van der Waals surface area contributed by atoms with E-state index in [0.717, 1.165) is 5.75 Å². The third-order valence-electron chi connectivity index (χ3n) is 3.13. The molecule has 1 aromatic carbocycles. The molecule has 0 spiro atoms. The Hall–Kier alpha value is -0.860. The van der Waals surface area contributed by atoms with E-state index in [9.17, 15) is 12.8 Å². The molecule has 1 aliphatic rings. The van der Waals surface area contributed by atoms with Crippen molar-refractivity contribution in [3.63, 3.8) is 0 Å². The molecule has 0 amide bonds. The van der Waals surface area contributed by atoms with Gasteiger partial charge in [-0.05, 0) is 12.1 Å². The Labute approximate surface area is 127 Å². The number of hydrogen-bond donors (Lipinski definition) is 1. The Balaban J connectivity index is 2.54. The third kappa shape index (κ3) is 3.07. The average Bonchev–Trinajstić information content (AvgIpc) is 2.37. The van der Waals surface area contributed by atoms with Crippen LogP contribution in [-0.4, -0.2) is 43.1 Å². The summed E-state index contributed by atoms with van der Waals surface area (Å²) in [5.41, 5.74) is 6.15. The van der Waals surface area contributed by atoms with Gasteiger partial charge in [0.25, 0.3) is 0 Å². The summed E-state index contributed by atoms with van der Waals surface area (Å²) < 4.78 is 37.8. The highest BCUT2D eigenvalue weighted by molar-refractivity contribution is 8.01. The number of benzene rings is 1. The fourth-order valence-corrected chi connectivity index (χ4v) is 5.24. The molecular formula is C12H15FN2O2S3. The predicted molar refractivity (Wildman–Crippen MR) is 85.6 cm³/mol. The van der Waals surface area contributed by atoms with Gasteiger partial charge in [0.1, 0.15) is 16.2 Å². The number of hydrogen-bond acceptors (Lipinski definition) is 5. The lowest BCUT2D eigenvalue weighted by Crippen LogP contribution is -2.47. The van der Waals surface area contributed by atoms with Gasteiger partial charge in [0.05, 0.1) is 11.3 Å². The lowest BCUT2D eigenvalue weighted by atomic mass is 10.1. The smallest absolute Gasteiger partial charge is 0.169 e. The summed E-state index contributed by atoms with van der Waals surface area (Å²) in [5, 5.41) is -0.684. The minimum Gasteiger partial charge on any atom is -0.389 e. The van der Waals surface area contributed by atoms with Gasteiger partial charge in [0, 0.05) is 24.3 Å². The first-order chi connectivity index (χ1) is 9.32. The number of thiocarbonyl (C=S) groups is 1. The fraction of sp³-hybridized carbons (Fsp3) is 0.417. The van der Waals surface area contributed by atoms with Crippen molar-refractivity contribution < 1.29 is 12.8 Å². The third-order valence-corrected chi connectivity index (χ3v) is 5.97. The molecule has 0 aliphatic carbocycles. The largest absolute Gasteiger partial charge is 0.389 e. The molecule has 2 N–H and O–H groups in total. The van der Waals surface area contributed by atoms with Crippen LogP contribution >= 0.6 is 24.0 Å². The van der Waals surface area contributed by atoms with Gasteiger partial charge in [-0.15, -0.1) is 0 Å². The van der Waals surface area contributed by atoms with Crippen LogP contribution in [0.1, 0.15) is 5.56 Å². The molecule has 0 saturated carbocycles. The van der Waals surface area contributed by atoms with Gasteiger partial charge in [0.15, 0.2) is 9.84 Å². The van der Waals surface area contributed by atoms with Crippen molar-refractivity contribution in [2.45, 2.75) is 5.37 Å². The van der Waals surface area contributed by atoms with Gasteiger partial charge in [-0.25, -0.2) is 12.8 Å². The number of halogens is 1. The van der Waals surface area contributed by atoms with Crippen molar-refractivity contribution in [2.24, 2.45) is 5.73 Å². The first kappa shape index (κ1) is 15.5. The van der Waals surface area contributed by atoms with Crippen LogP contribution in [0.2, 0.25) is 0 Å². The molecule has 0 aromatic heterocycles. The minimum absolute atomic E-state index is 0.0661. The van der Waals surface area contributed by atoms with Gasteiger partial charge in [-0.1, -0.05) is 18.3 Å². The minimum atomic E-state index is -3.28. The molecule has 4 nitrogen and oxygen atoms in total. The Morgan fingerprint density at radius 3 is 2.85 bits per heavy atom. The summed E-state index contributed by atoms with van der Waals surface area (Å²) in [6.45, 7) is 0.515. The van der Waals surface area contributed by atoms with Crippen molar-refractivity contribution in [3.05, 3.63) is 29.6 Å². The number of rotatable bonds is 3. The van der Waals surface area contributed by atoms with E-state index in [1.165, 1.54) is 18.4 Å². The topological polar surface area (TPSA) is 63.4 Å². The number of anilines is 1. The molecule has 1 aliphatic heterocycles. The van der Waals surface area contributed by atoms with Gasteiger partial charge in [-0.3, -0.25) is 0 Å². The summed E-state index contributed by atoms with van der Waals surface area (Å²) in [5.74, 6) is 0.700. The molecule has 110 valence electrons. The van der Waals surface area contributed by atoms with Crippen molar-refractivity contribution in [3.8, 4) is 0 Å². The highest BCUT2D eigenvalue weighted by atomic mass is 32.2.